The highest BCUT2D eigenvalue weighted by molar-refractivity contribution is 4.99. The predicted molar refractivity (Wildman–Crippen MR) is 189 cm³/mol. The van der Waals surface area contributed by atoms with Gasteiger partial charge in [0.1, 0.15) is 6.10 Å². The fourth-order valence-corrected chi connectivity index (χ4v) is 7.51. The van der Waals surface area contributed by atoms with E-state index >= 15 is 0 Å². The van der Waals surface area contributed by atoms with E-state index in [4.69, 9.17) is 19.3 Å². The molecule has 3 fully saturated rings. The minimum Gasteiger partial charge on any atom is -0.396 e. The van der Waals surface area contributed by atoms with Crippen LogP contribution >= 0.6 is 0 Å². The molecule has 3 heterocycles. The van der Waals surface area contributed by atoms with Gasteiger partial charge in [-0.25, -0.2) is 0 Å². The Hall–Kier alpha value is -0.840. The first-order valence-electron chi connectivity index (χ1n) is 18.9. The van der Waals surface area contributed by atoms with E-state index in [0.29, 0.717) is 42.9 Å². The number of rotatable bonds is 16. The van der Waals surface area contributed by atoms with E-state index in [2.05, 4.69) is 41.2 Å². The van der Waals surface area contributed by atoms with E-state index in [1.54, 1.807) is 6.08 Å². The van der Waals surface area contributed by atoms with Crippen LogP contribution in [0.4, 0.5) is 0 Å². The molecule has 5 N–H and O–H groups in total. The van der Waals surface area contributed by atoms with Gasteiger partial charge in [0, 0.05) is 13.0 Å². The van der Waals surface area contributed by atoms with E-state index in [0.717, 1.165) is 57.8 Å². The van der Waals surface area contributed by atoms with Gasteiger partial charge < -0.3 is 39.7 Å². The maximum atomic E-state index is 10.3. The monoisotopic (exact) mass is 669 g/mol. The Labute approximate surface area is 287 Å². The van der Waals surface area contributed by atoms with Gasteiger partial charge in [0.05, 0.1) is 54.9 Å². The van der Waals surface area contributed by atoms with Crippen LogP contribution in [0.1, 0.15) is 131 Å². The molecule has 3 aliphatic heterocycles. The summed E-state index contributed by atoms with van der Waals surface area (Å²) in [6.45, 7) is 17.3. The number of hydrogen-bond acceptors (Lipinski definition) is 8. The van der Waals surface area contributed by atoms with Gasteiger partial charge in [-0.05, 0) is 88.4 Å². The highest BCUT2D eigenvalue weighted by atomic mass is 16.6. The minimum atomic E-state index is -0.825. The smallest absolute Gasteiger partial charge is 0.103 e. The van der Waals surface area contributed by atoms with E-state index in [9.17, 15) is 20.4 Å². The van der Waals surface area contributed by atoms with Gasteiger partial charge in [-0.15, -0.1) is 0 Å². The van der Waals surface area contributed by atoms with E-state index in [1.165, 1.54) is 12.8 Å². The van der Waals surface area contributed by atoms with Crippen molar-refractivity contribution in [1.29, 1.82) is 0 Å². The molecule has 0 spiro atoms. The summed E-state index contributed by atoms with van der Waals surface area (Å²) < 4.78 is 18.4. The first-order chi connectivity index (χ1) is 22.3. The fraction of sp³-hybridized carbons (Fsp3) is 0.897. The van der Waals surface area contributed by atoms with Crippen molar-refractivity contribution in [1.82, 2.24) is 0 Å². The third kappa shape index (κ3) is 14.5. The average Bonchev–Trinajstić information content (AvgIpc) is 3.23. The van der Waals surface area contributed by atoms with Crippen molar-refractivity contribution < 1.29 is 39.7 Å². The van der Waals surface area contributed by atoms with Crippen molar-refractivity contribution in [3.8, 4) is 0 Å². The molecule has 276 valence electrons. The van der Waals surface area contributed by atoms with Crippen molar-refractivity contribution in [2.45, 2.75) is 186 Å². The second kappa shape index (κ2) is 22.1. The summed E-state index contributed by atoms with van der Waals surface area (Å²) in [5, 5.41) is 49.6. The van der Waals surface area contributed by atoms with Gasteiger partial charge in [-0.2, -0.15) is 0 Å². The fourth-order valence-electron chi connectivity index (χ4n) is 7.51. The third-order valence-electron chi connectivity index (χ3n) is 11.1. The molecule has 0 radical (unpaired) electrons. The van der Waals surface area contributed by atoms with Crippen LogP contribution in [-0.4, -0.2) is 93.2 Å². The van der Waals surface area contributed by atoms with Gasteiger partial charge in [-0.3, -0.25) is 0 Å². The molecule has 0 amide bonds. The summed E-state index contributed by atoms with van der Waals surface area (Å²) in [5.41, 5.74) is -0.524. The van der Waals surface area contributed by atoms with Crippen LogP contribution in [0.3, 0.4) is 0 Å². The molecule has 0 aromatic carbocycles. The quantitative estimate of drug-likeness (QED) is 0.118. The summed E-state index contributed by atoms with van der Waals surface area (Å²) in [6.07, 6.45) is 15.8. The van der Waals surface area contributed by atoms with E-state index in [1.807, 2.05) is 19.1 Å². The van der Waals surface area contributed by atoms with Gasteiger partial charge in [-0.1, -0.05) is 85.1 Å². The molecular weight excluding hydrogens is 596 g/mol. The highest BCUT2D eigenvalue weighted by Gasteiger charge is 2.49. The van der Waals surface area contributed by atoms with Crippen molar-refractivity contribution in [3.63, 3.8) is 0 Å². The average molecular weight is 669 g/mol. The van der Waals surface area contributed by atoms with Crippen LogP contribution in [0.25, 0.3) is 0 Å². The largest absolute Gasteiger partial charge is 0.396 e. The third-order valence-corrected chi connectivity index (χ3v) is 11.1. The zero-order chi connectivity index (χ0) is 35.0. The molecule has 0 aromatic heterocycles. The van der Waals surface area contributed by atoms with Crippen LogP contribution in [0.2, 0.25) is 0 Å². The molecule has 0 aromatic rings. The van der Waals surface area contributed by atoms with Crippen molar-refractivity contribution >= 4 is 0 Å². The minimum absolute atomic E-state index is 0.0611. The van der Waals surface area contributed by atoms with Gasteiger partial charge in [0.25, 0.3) is 0 Å². The van der Waals surface area contributed by atoms with Gasteiger partial charge in [0.15, 0.2) is 0 Å². The molecule has 3 saturated heterocycles. The lowest BCUT2D eigenvalue weighted by Gasteiger charge is -2.47. The SMILES string of the molecule is C=C/C=C\CCC1OC(CC[C@H](C)CCC)C(O)CCC1O.CC(CCO)C(C)CCCC1O[C@]2(C)CC(O)C(O)COC2CC1C. The normalized spacial score (nSPS) is 36.7. The summed E-state index contributed by atoms with van der Waals surface area (Å²) in [4.78, 5) is 0. The Balaban J connectivity index is 0.000000330. The van der Waals surface area contributed by atoms with Crippen molar-refractivity contribution in [2.24, 2.45) is 23.7 Å². The van der Waals surface area contributed by atoms with Crippen LogP contribution in [-0.2, 0) is 14.2 Å². The molecule has 13 atom stereocenters. The van der Waals surface area contributed by atoms with Crippen LogP contribution < -0.4 is 0 Å². The molecule has 0 bridgehead atoms. The number of aliphatic hydroxyl groups is 5. The Morgan fingerprint density at radius 1 is 0.851 bits per heavy atom. The molecule has 8 heteroatoms. The molecule has 0 saturated carbocycles. The highest BCUT2D eigenvalue weighted by Crippen LogP contribution is 2.41. The molecule has 11 unspecified atom stereocenters. The number of hydrogen-bond donors (Lipinski definition) is 5. The standard InChI is InChI=1S/C20H38O5.C19H34O3/c1-13(14(2)8-9-21)6-5-7-18-15(3)10-19-20(4,25-18)11-16(22)17(23)12-24-19;1-4-6-7-8-10-18-16(20)12-13-17(21)19(22-18)14-11-15(3)9-5-2/h13-19,21-23H,5-12H2,1-4H3;4,6-7,15-21H,1,5,8-14H2,2-3H3/b;7-6-/t13?,14?,15?,16?,17?,18?,19?,20-;15-,16?,17?,18?,19?/m11/s1. The Kier molecular flexibility index (Phi) is 19.9. The van der Waals surface area contributed by atoms with Gasteiger partial charge >= 0.3 is 0 Å². The summed E-state index contributed by atoms with van der Waals surface area (Å²) in [7, 11) is 0. The van der Waals surface area contributed by atoms with Crippen LogP contribution in [0.5, 0.6) is 0 Å². The topological polar surface area (TPSA) is 129 Å². The zero-order valence-corrected chi connectivity index (χ0v) is 30.6. The van der Waals surface area contributed by atoms with Crippen LogP contribution in [0, 0.1) is 23.7 Å². The molecule has 3 rings (SSSR count). The summed E-state index contributed by atoms with van der Waals surface area (Å²) >= 11 is 0. The Morgan fingerprint density at radius 2 is 1.51 bits per heavy atom. The van der Waals surface area contributed by atoms with Gasteiger partial charge in [0.2, 0.25) is 0 Å². The van der Waals surface area contributed by atoms with E-state index in [-0.39, 0.29) is 37.6 Å². The number of fused-ring (bicyclic) bond motifs is 1. The number of allylic oxidation sites excluding steroid dienone is 3. The predicted octanol–water partition coefficient (Wildman–Crippen LogP) is 6.50. The summed E-state index contributed by atoms with van der Waals surface area (Å²) in [5.74, 6) is 2.23. The molecular formula is C39H72O8. The maximum Gasteiger partial charge on any atom is 0.103 e. The lowest BCUT2D eigenvalue weighted by Crippen LogP contribution is -2.53. The first kappa shape index (κ1) is 42.3. The molecule has 3 aliphatic rings. The van der Waals surface area contributed by atoms with Crippen LogP contribution in [0.15, 0.2) is 24.8 Å². The molecule has 8 nitrogen and oxygen atoms in total. The Morgan fingerprint density at radius 3 is 2.15 bits per heavy atom. The van der Waals surface area contributed by atoms with E-state index < -0.39 is 30.0 Å². The van der Waals surface area contributed by atoms with Crippen molar-refractivity contribution in [2.75, 3.05) is 13.2 Å². The maximum absolute atomic E-state index is 10.3. The lowest BCUT2D eigenvalue weighted by atomic mass is 9.79. The zero-order valence-electron chi connectivity index (χ0n) is 30.6. The molecule has 0 aliphatic carbocycles. The number of ether oxygens (including phenoxy) is 3. The van der Waals surface area contributed by atoms with Crippen molar-refractivity contribution in [3.05, 3.63) is 24.8 Å². The lowest BCUT2D eigenvalue weighted by molar-refractivity contribution is -0.215. The Bertz CT molecular complexity index is 868. The molecule has 47 heavy (non-hydrogen) atoms. The number of aliphatic hydroxyl groups excluding tert-OH is 5. The second-order valence-corrected chi connectivity index (χ2v) is 15.4. The second-order valence-electron chi connectivity index (χ2n) is 15.4. The first-order valence-corrected chi connectivity index (χ1v) is 18.9. The summed E-state index contributed by atoms with van der Waals surface area (Å²) in [6, 6.07) is 0.